The lowest BCUT2D eigenvalue weighted by Crippen LogP contribution is -2.21. The van der Waals surface area contributed by atoms with E-state index in [0.29, 0.717) is 5.82 Å². The lowest BCUT2D eigenvalue weighted by molar-refractivity contribution is 0.0848. The van der Waals surface area contributed by atoms with Crippen LogP contribution in [0.4, 0.5) is 0 Å². The average molecular weight is 152 g/mol. The van der Waals surface area contributed by atoms with E-state index in [-0.39, 0.29) is 11.2 Å². The first kappa shape index (κ1) is 7.98. The molecule has 0 aliphatic rings. The van der Waals surface area contributed by atoms with Crippen molar-refractivity contribution in [3.8, 4) is 0 Å². The van der Waals surface area contributed by atoms with Crippen LogP contribution >= 0.6 is 0 Å². The average Bonchev–Trinajstić information content (AvgIpc) is 2.34. The maximum absolute atomic E-state index is 11.4. The minimum Gasteiger partial charge on any atom is -0.342 e. The van der Waals surface area contributed by atoms with Crippen LogP contribution in [-0.2, 0) is 0 Å². The maximum atomic E-state index is 11.4. The number of carbonyl (C=O) groups excluding carboxylic acids is 1. The fourth-order valence-corrected chi connectivity index (χ4v) is 0.745. The molecule has 0 fully saturated rings. The monoisotopic (exact) mass is 152 g/mol. The van der Waals surface area contributed by atoms with Crippen molar-refractivity contribution in [2.75, 3.05) is 0 Å². The fraction of sp³-hybridized carbons (Fsp3) is 0.500. The van der Waals surface area contributed by atoms with Gasteiger partial charge in [0.05, 0.1) is 0 Å². The molecule has 0 bridgehead atoms. The molecule has 1 heterocycles. The summed E-state index contributed by atoms with van der Waals surface area (Å²) in [6.45, 7) is 5.62. The highest BCUT2D eigenvalue weighted by molar-refractivity contribution is 5.96. The Hall–Kier alpha value is -1.12. The molecule has 3 heteroatoms. The van der Waals surface area contributed by atoms with E-state index in [2.05, 4.69) is 9.97 Å². The summed E-state index contributed by atoms with van der Waals surface area (Å²) in [5, 5.41) is 0. The number of nitrogens with zero attached hydrogens (tertiary/aromatic N) is 1. The number of H-pyrrole nitrogens is 1. The van der Waals surface area contributed by atoms with Crippen LogP contribution in [0.2, 0.25) is 0 Å². The molecule has 0 atom stereocenters. The highest BCUT2D eigenvalue weighted by Gasteiger charge is 2.24. The van der Waals surface area contributed by atoms with Crippen molar-refractivity contribution < 1.29 is 4.79 Å². The summed E-state index contributed by atoms with van der Waals surface area (Å²) in [6.07, 6.45) is 3.23. The number of carbonyl (C=O) groups is 1. The second-order valence-corrected chi connectivity index (χ2v) is 3.52. The van der Waals surface area contributed by atoms with Crippen molar-refractivity contribution in [2.24, 2.45) is 5.41 Å². The van der Waals surface area contributed by atoms with Gasteiger partial charge < -0.3 is 4.98 Å². The molecule has 0 saturated heterocycles. The fourth-order valence-electron chi connectivity index (χ4n) is 0.745. The molecule has 1 N–H and O–H groups in total. The summed E-state index contributed by atoms with van der Waals surface area (Å²) in [6, 6.07) is 0. The number of aromatic nitrogens is 2. The third-order valence-electron chi connectivity index (χ3n) is 1.39. The van der Waals surface area contributed by atoms with Gasteiger partial charge in [-0.25, -0.2) is 4.98 Å². The molecule has 0 aromatic carbocycles. The van der Waals surface area contributed by atoms with E-state index in [1.807, 2.05) is 20.8 Å². The number of rotatable bonds is 1. The molecule has 3 nitrogen and oxygen atoms in total. The van der Waals surface area contributed by atoms with E-state index in [1.165, 1.54) is 0 Å². The minimum atomic E-state index is -0.349. The first-order chi connectivity index (χ1) is 5.02. The van der Waals surface area contributed by atoms with Crippen LogP contribution < -0.4 is 0 Å². The number of ketones is 1. The lowest BCUT2D eigenvalue weighted by Gasteiger charge is -2.13. The molecule has 0 unspecified atom stereocenters. The zero-order valence-electron chi connectivity index (χ0n) is 7.01. The van der Waals surface area contributed by atoms with Crippen LogP contribution in [-0.4, -0.2) is 15.8 Å². The Bertz CT molecular complexity index is 244. The van der Waals surface area contributed by atoms with Crippen molar-refractivity contribution in [3.05, 3.63) is 18.2 Å². The van der Waals surface area contributed by atoms with Crippen LogP contribution in [0.1, 0.15) is 31.4 Å². The Morgan fingerprint density at radius 2 is 2.18 bits per heavy atom. The zero-order chi connectivity index (χ0) is 8.48. The van der Waals surface area contributed by atoms with Gasteiger partial charge in [-0.2, -0.15) is 0 Å². The van der Waals surface area contributed by atoms with Crippen LogP contribution in [0.25, 0.3) is 0 Å². The zero-order valence-corrected chi connectivity index (χ0v) is 7.01. The summed E-state index contributed by atoms with van der Waals surface area (Å²) < 4.78 is 0. The second-order valence-electron chi connectivity index (χ2n) is 3.52. The number of aromatic amines is 1. The third-order valence-corrected chi connectivity index (χ3v) is 1.39. The highest BCUT2D eigenvalue weighted by atomic mass is 16.1. The summed E-state index contributed by atoms with van der Waals surface area (Å²) >= 11 is 0. The van der Waals surface area contributed by atoms with E-state index in [1.54, 1.807) is 12.4 Å². The van der Waals surface area contributed by atoms with Crippen LogP contribution in [0.5, 0.6) is 0 Å². The molecule has 60 valence electrons. The lowest BCUT2D eigenvalue weighted by atomic mass is 9.90. The number of nitrogens with one attached hydrogen (secondary N) is 1. The first-order valence-electron chi connectivity index (χ1n) is 3.56. The molecule has 0 spiro atoms. The molecule has 0 saturated carbocycles. The van der Waals surface area contributed by atoms with Gasteiger partial charge in [-0.1, -0.05) is 20.8 Å². The molecule has 1 aromatic rings. The summed E-state index contributed by atoms with van der Waals surface area (Å²) in [4.78, 5) is 18.1. The van der Waals surface area contributed by atoms with Crippen molar-refractivity contribution in [3.63, 3.8) is 0 Å². The minimum absolute atomic E-state index is 0.0440. The standard InChI is InChI=1S/C8H12N2O/c1-8(2,3)6(11)7-9-4-5-10-7/h4-5H,1-3H3,(H,9,10). The van der Waals surface area contributed by atoms with Crippen LogP contribution in [0.15, 0.2) is 12.4 Å². The van der Waals surface area contributed by atoms with Gasteiger partial charge in [0, 0.05) is 17.8 Å². The van der Waals surface area contributed by atoms with E-state index in [4.69, 9.17) is 0 Å². The van der Waals surface area contributed by atoms with E-state index in [0.717, 1.165) is 0 Å². The van der Waals surface area contributed by atoms with E-state index >= 15 is 0 Å². The molecule has 11 heavy (non-hydrogen) atoms. The predicted molar refractivity (Wildman–Crippen MR) is 42.4 cm³/mol. The van der Waals surface area contributed by atoms with Crippen LogP contribution in [0, 0.1) is 5.41 Å². The van der Waals surface area contributed by atoms with Gasteiger partial charge in [0.15, 0.2) is 5.82 Å². The maximum Gasteiger partial charge on any atom is 0.203 e. The van der Waals surface area contributed by atoms with Gasteiger partial charge in [-0.15, -0.1) is 0 Å². The second kappa shape index (κ2) is 2.49. The van der Waals surface area contributed by atoms with Crippen LogP contribution in [0.3, 0.4) is 0 Å². The van der Waals surface area contributed by atoms with Gasteiger partial charge in [0.1, 0.15) is 0 Å². The summed E-state index contributed by atoms with van der Waals surface area (Å²) in [7, 11) is 0. The van der Waals surface area contributed by atoms with Crippen molar-refractivity contribution in [1.29, 1.82) is 0 Å². The third kappa shape index (κ3) is 1.67. The van der Waals surface area contributed by atoms with Crippen molar-refractivity contribution >= 4 is 5.78 Å². The van der Waals surface area contributed by atoms with Gasteiger partial charge in [0.2, 0.25) is 5.78 Å². The SMILES string of the molecule is CC(C)(C)C(=O)c1ncc[nH]1. The summed E-state index contributed by atoms with van der Waals surface area (Å²) in [5.74, 6) is 0.486. The Labute approximate surface area is 65.8 Å². The molecule has 0 aliphatic heterocycles. The topological polar surface area (TPSA) is 45.8 Å². The Morgan fingerprint density at radius 3 is 2.55 bits per heavy atom. The Kier molecular flexibility index (Phi) is 1.81. The smallest absolute Gasteiger partial charge is 0.203 e. The molecule has 0 radical (unpaired) electrons. The summed E-state index contributed by atoms with van der Waals surface area (Å²) in [5.41, 5.74) is -0.349. The number of hydrogen-bond acceptors (Lipinski definition) is 2. The number of Topliss-reactive ketones (excluding diaryl/α,β-unsaturated/α-hetero) is 1. The van der Waals surface area contributed by atoms with Gasteiger partial charge in [-0.05, 0) is 0 Å². The first-order valence-corrected chi connectivity index (χ1v) is 3.56. The Morgan fingerprint density at radius 1 is 1.55 bits per heavy atom. The van der Waals surface area contributed by atoms with Crippen molar-refractivity contribution in [1.82, 2.24) is 9.97 Å². The quantitative estimate of drug-likeness (QED) is 0.622. The highest BCUT2D eigenvalue weighted by Crippen LogP contribution is 2.17. The molecule has 1 aromatic heterocycles. The molecule has 1 rings (SSSR count). The predicted octanol–water partition coefficient (Wildman–Crippen LogP) is 1.64. The Balaban J connectivity index is 2.88. The normalized spacial score (nSPS) is 11.5. The molecular weight excluding hydrogens is 140 g/mol. The van der Waals surface area contributed by atoms with Gasteiger partial charge in [0.25, 0.3) is 0 Å². The van der Waals surface area contributed by atoms with Gasteiger partial charge in [-0.3, -0.25) is 4.79 Å². The van der Waals surface area contributed by atoms with Gasteiger partial charge >= 0.3 is 0 Å². The number of imidazole rings is 1. The molecule has 0 aliphatic carbocycles. The number of hydrogen-bond donors (Lipinski definition) is 1. The van der Waals surface area contributed by atoms with E-state index in [9.17, 15) is 4.79 Å². The molecular formula is C8H12N2O. The molecule has 0 amide bonds. The van der Waals surface area contributed by atoms with E-state index < -0.39 is 0 Å². The largest absolute Gasteiger partial charge is 0.342 e. The van der Waals surface area contributed by atoms with Crippen molar-refractivity contribution in [2.45, 2.75) is 20.8 Å².